The number of likely N-dealkylation sites (tertiary alicyclic amines) is 1. The van der Waals surface area contributed by atoms with Gasteiger partial charge in [-0.25, -0.2) is 0 Å². The number of nitrogens with zero attached hydrogens (tertiary/aromatic N) is 1. The van der Waals surface area contributed by atoms with Crippen LogP contribution in [0.15, 0.2) is 24.3 Å². The highest BCUT2D eigenvalue weighted by Gasteiger charge is 2.27. The molecule has 2 aliphatic heterocycles. The first-order valence-electron chi connectivity index (χ1n) is 8.09. The fourth-order valence-electron chi connectivity index (χ4n) is 3.31. The summed E-state index contributed by atoms with van der Waals surface area (Å²) in [7, 11) is 0. The zero-order chi connectivity index (χ0) is 15.4. The summed E-state index contributed by atoms with van der Waals surface area (Å²) < 4.78 is 5.30. The predicted molar refractivity (Wildman–Crippen MR) is 86.9 cm³/mol. The largest absolute Gasteiger partial charge is 0.381 e. The lowest BCUT2D eigenvalue weighted by molar-refractivity contribution is -0.125. The quantitative estimate of drug-likeness (QED) is 0.906. The van der Waals surface area contributed by atoms with Crippen LogP contribution in [0.5, 0.6) is 0 Å². The monoisotopic (exact) mass is 322 g/mol. The maximum absolute atomic E-state index is 12.2. The van der Waals surface area contributed by atoms with E-state index < -0.39 is 0 Å². The second-order valence-corrected chi connectivity index (χ2v) is 6.56. The van der Waals surface area contributed by atoms with E-state index in [2.05, 4.69) is 16.3 Å². The van der Waals surface area contributed by atoms with E-state index >= 15 is 0 Å². The Morgan fingerprint density at radius 1 is 1.41 bits per heavy atom. The van der Waals surface area contributed by atoms with Gasteiger partial charge in [-0.2, -0.15) is 0 Å². The molecule has 1 amide bonds. The Labute approximate surface area is 136 Å². The van der Waals surface area contributed by atoms with E-state index in [1.807, 2.05) is 18.2 Å². The smallest absolute Gasteiger partial charge is 0.225 e. The summed E-state index contributed by atoms with van der Waals surface area (Å²) in [4.78, 5) is 14.7. The molecule has 1 aromatic rings. The number of halogens is 1. The molecule has 22 heavy (non-hydrogen) atoms. The summed E-state index contributed by atoms with van der Waals surface area (Å²) >= 11 is 6.14. The number of rotatable bonds is 5. The van der Waals surface area contributed by atoms with Gasteiger partial charge in [0, 0.05) is 18.2 Å². The van der Waals surface area contributed by atoms with Crippen LogP contribution in [0, 0.1) is 5.92 Å². The fourth-order valence-corrected chi connectivity index (χ4v) is 3.51. The highest BCUT2D eigenvalue weighted by molar-refractivity contribution is 6.30. The molecule has 1 aromatic carbocycles. The molecule has 3 rings (SSSR count). The van der Waals surface area contributed by atoms with E-state index in [0.717, 1.165) is 24.5 Å². The summed E-state index contributed by atoms with van der Waals surface area (Å²) in [6.45, 7) is 4.05. The molecule has 2 unspecified atom stereocenters. The molecule has 120 valence electrons. The van der Waals surface area contributed by atoms with Crippen LogP contribution >= 0.6 is 11.6 Å². The summed E-state index contributed by atoms with van der Waals surface area (Å²) in [6.07, 6.45) is 3.28. The molecule has 0 saturated carbocycles. The van der Waals surface area contributed by atoms with E-state index in [1.54, 1.807) is 0 Å². The Bertz CT molecular complexity index is 511. The predicted octanol–water partition coefficient (Wildman–Crippen LogP) is 2.63. The van der Waals surface area contributed by atoms with Crippen molar-refractivity contribution < 1.29 is 9.53 Å². The fraction of sp³-hybridized carbons (Fsp3) is 0.588. The number of amides is 1. The molecule has 4 nitrogen and oxygen atoms in total. The molecule has 2 atom stereocenters. The van der Waals surface area contributed by atoms with Crippen LogP contribution < -0.4 is 5.32 Å². The average Bonchev–Trinajstić information content (AvgIpc) is 3.21. The average molecular weight is 323 g/mol. The van der Waals surface area contributed by atoms with Crippen LogP contribution in [0.4, 0.5) is 0 Å². The van der Waals surface area contributed by atoms with Crippen LogP contribution in [-0.2, 0) is 9.53 Å². The van der Waals surface area contributed by atoms with Gasteiger partial charge in [-0.15, -0.1) is 0 Å². The molecule has 2 fully saturated rings. The van der Waals surface area contributed by atoms with Crippen molar-refractivity contribution >= 4 is 17.5 Å². The number of nitrogens with one attached hydrogen (secondary N) is 1. The van der Waals surface area contributed by atoms with Crippen LogP contribution in [-0.4, -0.2) is 43.7 Å². The molecule has 1 N–H and O–H groups in total. The van der Waals surface area contributed by atoms with Gasteiger partial charge in [0.05, 0.1) is 18.6 Å². The molecule has 2 aliphatic rings. The van der Waals surface area contributed by atoms with Crippen molar-refractivity contribution in [3.63, 3.8) is 0 Å². The number of ether oxygens (including phenoxy) is 1. The highest BCUT2D eigenvalue weighted by atomic mass is 35.5. The van der Waals surface area contributed by atoms with Crippen molar-refractivity contribution in [1.29, 1.82) is 0 Å². The van der Waals surface area contributed by atoms with Crippen molar-refractivity contribution in [2.24, 2.45) is 5.92 Å². The molecule has 2 heterocycles. The topological polar surface area (TPSA) is 41.6 Å². The van der Waals surface area contributed by atoms with Crippen LogP contribution in [0.1, 0.15) is 30.9 Å². The van der Waals surface area contributed by atoms with Crippen LogP contribution in [0.25, 0.3) is 0 Å². The van der Waals surface area contributed by atoms with E-state index in [-0.39, 0.29) is 17.9 Å². The third kappa shape index (κ3) is 3.80. The third-order valence-corrected chi connectivity index (χ3v) is 4.82. The van der Waals surface area contributed by atoms with E-state index in [0.29, 0.717) is 19.8 Å². The van der Waals surface area contributed by atoms with Gasteiger partial charge < -0.3 is 10.1 Å². The van der Waals surface area contributed by atoms with E-state index in [1.165, 1.54) is 18.4 Å². The second-order valence-electron chi connectivity index (χ2n) is 6.12. The Hall–Kier alpha value is -1.10. The Morgan fingerprint density at radius 2 is 2.23 bits per heavy atom. The molecule has 0 aliphatic carbocycles. The van der Waals surface area contributed by atoms with Crippen molar-refractivity contribution in [3.05, 3.63) is 34.9 Å². The van der Waals surface area contributed by atoms with Crippen molar-refractivity contribution in [2.45, 2.75) is 25.3 Å². The van der Waals surface area contributed by atoms with Gasteiger partial charge in [0.25, 0.3) is 0 Å². The number of carbonyl (C=O) groups is 1. The maximum atomic E-state index is 12.2. The van der Waals surface area contributed by atoms with Crippen LogP contribution in [0.3, 0.4) is 0 Å². The zero-order valence-electron chi connectivity index (χ0n) is 12.8. The summed E-state index contributed by atoms with van der Waals surface area (Å²) in [6, 6.07) is 8.18. The molecule has 2 saturated heterocycles. The minimum Gasteiger partial charge on any atom is -0.381 e. The minimum absolute atomic E-state index is 0.0126. The van der Waals surface area contributed by atoms with Gasteiger partial charge >= 0.3 is 0 Å². The summed E-state index contributed by atoms with van der Waals surface area (Å²) in [5.74, 6) is 0.127. The van der Waals surface area contributed by atoms with Crippen molar-refractivity contribution in [3.8, 4) is 0 Å². The van der Waals surface area contributed by atoms with Crippen LogP contribution in [0.2, 0.25) is 5.02 Å². The lowest BCUT2D eigenvalue weighted by Crippen LogP contribution is -2.39. The Morgan fingerprint density at radius 3 is 2.91 bits per heavy atom. The summed E-state index contributed by atoms with van der Waals surface area (Å²) in [5, 5.41) is 3.86. The molecule has 0 spiro atoms. The van der Waals surface area contributed by atoms with Crippen molar-refractivity contribution in [2.75, 3.05) is 32.8 Å². The first-order valence-corrected chi connectivity index (χ1v) is 8.47. The van der Waals surface area contributed by atoms with Gasteiger partial charge in [0.1, 0.15) is 0 Å². The molecule has 0 radical (unpaired) electrons. The Balaban J connectivity index is 1.67. The summed E-state index contributed by atoms with van der Waals surface area (Å²) in [5.41, 5.74) is 1.18. The molecule has 5 heteroatoms. The maximum Gasteiger partial charge on any atom is 0.225 e. The van der Waals surface area contributed by atoms with Gasteiger partial charge in [0.2, 0.25) is 5.91 Å². The zero-order valence-corrected chi connectivity index (χ0v) is 13.5. The lowest BCUT2D eigenvalue weighted by Gasteiger charge is -2.28. The van der Waals surface area contributed by atoms with E-state index in [9.17, 15) is 4.79 Å². The molecular formula is C17H23ClN2O2. The van der Waals surface area contributed by atoms with Gasteiger partial charge in [-0.05, 0) is 50.0 Å². The second kappa shape index (κ2) is 7.44. The SMILES string of the molecule is O=C(NCC(c1cccc(Cl)c1)N1CCCC1)C1CCOC1. The Kier molecular flexibility index (Phi) is 5.34. The lowest BCUT2D eigenvalue weighted by atomic mass is 10.0. The van der Waals surface area contributed by atoms with E-state index in [4.69, 9.17) is 16.3 Å². The van der Waals surface area contributed by atoms with Gasteiger partial charge in [-0.1, -0.05) is 23.7 Å². The minimum atomic E-state index is 0.0126. The number of benzene rings is 1. The number of hydrogen-bond donors (Lipinski definition) is 1. The molecular weight excluding hydrogens is 300 g/mol. The molecule has 0 bridgehead atoms. The number of hydrogen-bond acceptors (Lipinski definition) is 3. The first kappa shape index (κ1) is 15.8. The van der Waals surface area contributed by atoms with Gasteiger partial charge in [-0.3, -0.25) is 9.69 Å². The standard InChI is InChI=1S/C17H23ClN2O2/c18-15-5-3-4-13(10-15)16(20-7-1-2-8-20)11-19-17(21)14-6-9-22-12-14/h3-5,10,14,16H,1-2,6-9,11-12H2,(H,19,21). The van der Waals surface area contributed by atoms with Gasteiger partial charge in [0.15, 0.2) is 0 Å². The highest BCUT2D eigenvalue weighted by Crippen LogP contribution is 2.26. The molecule has 0 aromatic heterocycles. The first-order chi connectivity index (χ1) is 10.7. The third-order valence-electron chi connectivity index (χ3n) is 4.58. The normalized spacial score (nSPS) is 23.6. The number of carbonyl (C=O) groups excluding carboxylic acids is 1. The van der Waals surface area contributed by atoms with Crippen molar-refractivity contribution in [1.82, 2.24) is 10.2 Å².